The Morgan fingerprint density at radius 3 is 2.53 bits per heavy atom. The monoisotopic (exact) mass is 499 g/mol. The van der Waals surface area contributed by atoms with Gasteiger partial charge in [0.2, 0.25) is 11.0 Å². The Bertz CT molecular complexity index is 1020. The highest BCUT2D eigenvalue weighted by Gasteiger charge is 2.21. The van der Waals surface area contributed by atoms with Crippen molar-refractivity contribution in [2.75, 3.05) is 57.5 Å². The number of methoxy groups -OCH3 is 1. The average Bonchev–Trinajstić information content (AvgIpc) is 3.35. The van der Waals surface area contributed by atoms with E-state index in [1.165, 1.54) is 23.1 Å². The topological polar surface area (TPSA) is 79.8 Å². The quantitative estimate of drug-likeness (QED) is 0.402. The van der Waals surface area contributed by atoms with Gasteiger partial charge in [-0.25, -0.2) is 0 Å². The van der Waals surface area contributed by atoms with E-state index in [2.05, 4.69) is 20.4 Å². The molecule has 1 saturated heterocycles. The number of carbonyl (C=O) groups is 1. The number of rotatable bonds is 11. The van der Waals surface area contributed by atoms with E-state index < -0.39 is 0 Å². The van der Waals surface area contributed by atoms with Gasteiger partial charge in [0.25, 0.3) is 0 Å². The summed E-state index contributed by atoms with van der Waals surface area (Å²) in [5.74, 6) is 2.25. The minimum absolute atomic E-state index is 0.146. The van der Waals surface area contributed by atoms with Gasteiger partial charge in [-0.1, -0.05) is 53.4 Å². The van der Waals surface area contributed by atoms with Crippen LogP contribution in [-0.4, -0.2) is 78.1 Å². The van der Waals surface area contributed by atoms with Crippen molar-refractivity contribution < 1.29 is 14.3 Å². The molecule has 3 aromatic rings. The molecule has 0 aliphatic carbocycles. The third kappa shape index (κ3) is 7.34. The maximum Gasteiger partial charge on any atom is 0.233 e. The predicted octanol–water partition coefficient (Wildman–Crippen LogP) is 3.47. The summed E-state index contributed by atoms with van der Waals surface area (Å²) >= 11 is 2.91. The van der Waals surface area contributed by atoms with Crippen LogP contribution in [0.3, 0.4) is 0 Å². The Hall–Kier alpha value is -2.82. The van der Waals surface area contributed by atoms with E-state index in [0.717, 1.165) is 59.3 Å². The van der Waals surface area contributed by atoms with Crippen LogP contribution in [0, 0.1) is 0 Å². The smallest absolute Gasteiger partial charge is 0.233 e. The highest BCUT2D eigenvalue weighted by molar-refractivity contribution is 8.01. The molecule has 0 bridgehead atoms. The molecule has 2 heterocycles. The van der Waals surface area contributed by atoms with Gasteiger partial charge in [0.15, 0.2) is 4.34 Å². The summed E-state index contributed by atoms with van der Waals surface area (Å²) in [6, 6.07) is 17.7. The van der Waals surface area contributed by atoms with Gasteiger partial charge in [0.1, 0.15) is 18.1 Å². The maximum atomic E-state index is 12.6. The molecule has 1 fully saturated rings. The summed E-state index contributed by atoms with van der Waals surface area (Å²) in [5.41, 5.74) is 1.13. The van der Waals surface area contributed by atoms with Crippen molar-refractivity contribution in [2.45, 2.75) is 10.9 Å². The molecule has 8 nitrogen and oxygen atoms in total. The number of para-hydroxylation sites is 1. The molecule has 10 heteroatoms. The lowest BCUT2D eigenvalue weighted by molar-refractivity contribution is -0.130. The van der Waals surface area contributed by atoms with Crippen LogP contribution in [-0.2, 0) is 11.3 Å². The third-order valence-corrected chi connectivity index (χ3v) is 7.47. The van der Waals surface area contributed by atoms with E-state index in [1.807, 2.05) is 59.5 Å². The molecule has 0 saturated carbocycles. The van der Waals surface area contributed by atoms with Crippen molar-refractivity contribution in [3.05, 3.63) is 60.2 Å². The molecule has 4 rings (SSSR count). The van der Waals surface area contributed by atoms with Crippen molar-refractivity contribution in [3.8, 4) is 11.5 Å². The second kappa shape index (κ2) is 12.6. The fourth-order valence-electron chi connectivity index (χ4n) is 3.51. The lowest BCUT2D eigenvalue weighted by Gasteiger charge is -2.34. The zero-order valence-corrected chi connectivity index (χ0v) is 20.8. The first-order chi connectivity index (χ1) is 16.7. The van der Waals surface area contributed by atoms with Crippen molar-refractivity contribution in [2.24, 2.45) is 0 Å². The number of aromatic nitrogens is 2. The minimum Gasteiger partial charge on any atom is -0.497 e. The standard InChI is InChI=1S/C24H29N5O3S2/c1-31-20-9-7-19(8-10-20)17-25-23-26-27-24(34-23)33-18-22(30)29-13-11-28(12-14-29)15-16-32-21-5-3-2-4-6-21/h2-10H,11-18H2,1H3,(H,25,26). The summed E-state index contributed by atoms with van der Waals surface area (Å²) in [4.78, 5) is 16.9. The van der Waals surface area contributed by atoms with E-state index in [4.69, 9.17) is 9.47 Å². The first-order valence-corrected chi connectivity index (χ1v) is 13.0. The van der Waals surface area contributed by atoms with E-state index in [1.54, 1.807) is 7.11 Å². The summed E-state index contributed by atoms with van der Waals surface area (Å²) in [6.07, 6.45) is 0. The Kier molecular flexibility index (Phi) is 9.00. The minimum atomic E-state index is 0.146. The molecular formula is C24H29N5O3S2. The molecule has 34 heavy (non-hydrogen) atoms. The van der Waals surface area contributed by atoms with Crippen LogP contribution >= 0.6 is 23.1 Å². The van der Waals surface area contributed by atoms with E-state index in [0.29, 0.717) is 18.9 Å². The van der Waals surface area contributed by atoms with Gasteiger partial charge < -0.3 is 19.7 Å². The molecule has 0 unspecified atom stereocenters. The Morgan fingerprint density at radius 2 is 1.79 bits per heavy atom. The van der Waals surface area contributed by atoms with Gasteiger partial charge in [-0.15, -0.1) is 10.2 Å². The number of nitrogens with zero attached hydrogens (tertiary/aromatic N) is 4. The number of hydrogen-bond acceptors (Lipinski definition) is 9. The predicted molar refractivity (Wildman–Crippen MR) is 136 cm³/mol. The number of anilines is 1. The van der Waals surface area contributed by atoms with Gasteiger partial charge >= 0.3 is 0 Å². The fraction of sp³-hybridized carbons (Fsp3) is 0.375. The molecule has 180 valence electrons. The summed E-state index contributed by atoms with van der Waals surface area (Å²) in [5, 5.41) is 12.4. The number of hydrogen-bond donors (Lipinski definition) is 1. The van der Waals surface area contributed by atoms with Crippen molar-refractivity contribution in [1.29, 1.82) is 0 Å². The highest BCUT2D eigenvalue weighted by atomic mass is 32.2. The summed E-state index contributed by atoms with van der Waals surface area (Å²) in [6.45, 7) is 5.40. The molecule has 0 spiro atoms. The van der Waals surface area contributed by atoms with Crippen LogP contribution in [0.2, 0.25) is 0 Å². The van der Waals surface area contributed by atoms with Gasteiger partial charge in [-0.3, -0.25) is 9.69 Å². The molecule has 1 aliphatic rings. The van der Waals surface area contributed by atoms with Crippen molar-refractivity contribution in [3.63, 3.8) is 0 Å². The SMILES string of the molecule is COc1ccc(CNc2nnc(SCC(=O)N3CCN(CCOc4ccccc4)CC3)s2)cc1. The molecular weight excluding hydrogens is 470 g/mol. The number of amides is 1. The zero-order valence-electron chi connectivity index (χ0n) is 19.2. The summed E-state index contributed by atoms with van der Waals surface area (Å²) in [7, 11) is 1.65. The molecule has 2 aromatic carbocycles. The van der Waals surface area contributed by atoms with Crippen molar-refractivity contribution in [1.82, 2.24) is 20.0 Å². The fourth-order valence-corrected chi connectivity index (χ4v) is 5.16. The van der Waals surface area contributed by atoms with Crippen LogP contribution in [0.4, 0.5) is 5.13 Å². The second-order valence-electron chi connectivity index (χ2n) is 7.75. The number of ether oxygens (including phenoxy) is 2. The molecule has 1 aromatic heterocycles. The maximum absolute atomic E-state index is 12.6. The largest absolute Gasteiger partial charge is 0.497 e. The summed E-state index contributed by atoms with van der Waals surface area (Å²) < 4.78 is 11.8. The number of nitrogens with one attached hydrogen (secondary N) is 1. The second-order valence-corrected chi connectivity index (χ2v) is 9.95. The molecule has 0 atom stereocenters. The van der Waals surface area contributed by atoms with E-state index in [9.17, 15) is 4.79 Å². The van der Waals surface area contributed by atoms with Crippen LogP contribution in [0.25, 0.3) is 0 Å². The Labute approximate surface area is 208 Å². The molecule has 1 aliphatic heterocycles. The Balaban J connectivity index is 1.12. The van der Waals surface area contributed by atoms with Crippen molar-refractivity contribution >= 4 is 34.1 Å². The van der Waals surface area contributed by atoms with E-state index >= 15 is 0 Å². The van der Waals surface area contributed by atoms with Gasteiger partial charge in [-0.2, -0.15) is 0 Å². The van der Waals surface area contributed by atoms with Gasteiger partial charge in [-0.05, 0) is 29.8 Å². The third-order valence-electron chi connectivity index (χ3n) is 5.47. The van der Waals surface area contributed by atoms with Crippen LogP contribution in [0.1, 0.15) is 5.56 Å². The number of piperazine rings is 1. The van der Waals surface area contributed by atoms with Crippen LogP contribution in [0.15, 0.2) is 58.9 Å². The normalized spacial score (nSPS) is 14.1. The number of carbonyl (C=O) groups excluding carboxylic acids is 1. The first kappa shape index (κ1) is 24.3. The number of benzene rings is 2. The molecule has 1 amide bonds. The van der Waals surface area contributed by atoms with Crippen LogP contribution < -0.4 is 14.8 Å². The van der Waals surface area contributed by atoms with Gasteiger partial charge in [0.05, 0.1) is 12.9 Å². The Morgan fingerprint density at radius 1 is 1.03 bits per heavy atom. The van der Waals surface area contributed by atoms with Crippen LogP contribution in [0.5, 0.6) is 11.5 Å². The molecule has 1 N–H and O–H groups in total. The average molecular weight is 500 g/mol. The lowest BCUT2D eigenvalue weighted by atomic mass is 10.2. The van der Waals surface area contributed by atoms with E-state index in [-0.39, 0.29) is 5.91 Å². The highest BCUT2D eigenvalue weighted by Crippen LogP contribution is 2.26. The lowest BCUT2D eigenvalue weighted by Crippen LogP contribution is -2.50. The number of thioether (sulfide) groups is 1. The molecule has 0 radical (unpaired) electrons. The zero-order chi connectivity index (χ0) is 23.6. The first-order valence-electron chi connectivity index (χ1n) is 11.2. The van der Waals surface area contributed by atoms with Gasteiger partial charge in [0, 0.05) is 39.3 Å².